The van der Waals surface area contributed by atoms with Crippen LogP contribution in [0.15, 0.2) is 24.3 Å². The molecule has 1 aromatic carbocycles. The van der Waals surface area contributed by atoms with Gasteiger partial charge in [0.25, 0.3) is 0 Å². The summed E-state index contributed by atoms with van der Waals surface area (Å²) in [6.45, 7) is 0. The third-order valence-electron chi connectivity index (χ3n) is 5.23. The number of nitrogens with one attached hydrogen (secondary N) is 1. The van der Waals surface area contributed by atoms with E-state index in [-0.39, 0.29) is 0 Å². The summed E-state index contributed by atoms with van der Waals surface area (Å²) in [5.41, 5.74) is 6.17. The lowest BCUT2D eigenvalue weighted by Gasteiger charge is -2.24. The topological polar surface area (TPSA) is 38.0 Å². The first-order chi connectivity index (χ1) is 9.36. The van der Waals surface area contributed by atoms with E-state index in [0.29, 0.717) is 12.0 Å². The molecular formula is C17H26N2. The van der Waals surface area contributed by atoms with E-state index in [1.54, 1.807) is 0 Å². The van der Waals surface area contributed by atoms with Crippen LogP contribution in [-0.4, -0.2) is 6.04 Å². The Morgan fingerprint density at radius 1 is 1.11 bits per heavy atom. The van der Waals surface area contributed by atoms with Crippen molar-refractivity contribution in [2.75, 3.05) is 0 Å². The average molecular weight is 258 g/mol. The molecule has 2 aliphatic carbocycles. The summed E-state index contributed by atoms with van der Waals surface area (Å²) >= 11 is 0. The van der Waals surface area contributed by atoms with Crippen molar-refractivity contribution in [3.8, 4) is 0 Å². The van der Waals surface area contributed by atoms with E-state index in [1.807, 2.05) is 0 Å². The molecule has 2 nitrogen and oxygen atoms in total. The van der Waals surface area contributed by atoms with Crippen molar-refractivity contribution in [2.45, 2.75) is 57.4 Å². The monoisotopic (exact) mass is 258 g/mol. The maximum atomic E-state index is 5.82. The molecule has 0 aromatic heterocycles. The van der Waals surface area contributed by atoms with Gasteiger partial charge in [0.15, 0.2) is 0 Å². The molecule has 0 spiro atoms. The fourth-order valence-corrected chi connectivity index (χ4v) is 4.05. The lowest BCUT2D eigenvalue weighted by Crippen LogP contribution is -2.41. The predicted octanol–water partition coefficient (Wildman–Crippen LogP) is 3.20. The van der Waals surface area contributed by atoms with Crippen molar-refractivity contribution >= 4 is 0 Å². The smallest absolute Gasteiger partial charge is 0.0245 e. The molecule has 0 amide bonds. The SMILES string of the molecule is NNC(CCC1CCCC1)C1Cc2ccccc2C1. The van der Waals surface area contributed by atoms with Gasteiger partial charge in [-0.05, 0) is 48.6 Å². The van der Waals surface area contributed by atoms with Gasteiger partial charge in [0.1, 0.15) is 0 Å². The van der Waals surface area contributed by atoms with Crippen molar-refractivity contribution in [1.82, 2.24) is 5.43 Å². The van der Waals surface area contributed by atoms with Gasteiger partial charge in [0.05, 0.1) is 0 Å². The lowest BCUT2D eigenvalue weighted by atomic mass is 9.90. The highest BCUT2D eigenvalue weighted by Crippen LogP contribution is 2.33. The van der Waals surface area contributed by atoms with E-state index in [2.05, 4.69) is 29.7 Å². The summed E-state index contributed by atoms with van der Waals surface area (Å²) in [5, 5.41) is 0. The highest BCUT2D eigenvalue weighted by atomic mass is 15.2. The van der Waals surface area contributed by atoms with E-state index in [4.69, 9.17) is 5.84 Å². The van der Waals surface area contributed by atoms with Crippen LogP contribution >= 0.6 is 0 Å². The first-order valence-corrected chi connectivity index (χ1v) is 7.89. The Morgan fingerprint density at radius 2 is 1.74 bits per heavy atom. The first-order valence-electron chi connectivity index (χ1n) is 7.89. The Labute approximate surface area is 116 Å². The molecule has 0 aliphatic heterocycles. The molecule has 1 atom stereocenters. The standard InChI is InChI=1S/C17H26N2/c18-19-17(10-9-13-5-1-2-6-13)16-11-14-7-3-4-8-15(14)12-16/h3-4,7-8,13,16-17,19H,1-2,5-6,9-12,18H2. The van der Waals surface area contributed by atoms with Crippen molar-refractivity contribution in [1.29, 1.82) is 0 Å². The molecule has 0 saturated heterocycles. The summed E-state index contributed by atoms with van der Waals surface area (Å²) in [6, 6.07) is 9.36. The van der Waals surface area contributed by atoms with Crippen molar-refractivity contribution < 1.29 is 0 Å². The van der Waals surface area contributed by atoms with Crippen LogP contribution in [0.3, 0.4) is 0 Å². The molecule has 1 aromatic rings. The highest BCUT2D eigenvalue weighted by Gasteiger charge is 2.28. The van der Waals surface area contributed by atoms with Crippen LogP contribution in [0.2, 0.25) is 0 Å². The molecule has 19 heavy (non-hydrogen) atoms. The Kier molecular flexibility index (Phi) is 4.19. The van der Waals surface area contributed by atoms with Gasteiger partial charge >= 0.3 is 0 Å². The van der Waals surface area contributed by atoms with Crippen LogP contribution in [0.5, 0.6) is 0 Å². The summed E-state index contributed by atoms with van der Waals surface area (Å²) in [4.78, 5) is 0. The normalized spacial score (nSPS) is 21.7. The van der Waals surface area contributed by atoms with E-state index < -0.39 is 0 Å². The molecule has 0 bridgehead atoms. The number of hydrogen-bond donors (Lipinski definition) is 2. The Hall–Kier alpha value is -0.860. The van der Waals surface area contributed by atoms with Crippen LogP contribution in [-0.2, 0) is 12.8 Å². The number of benzene rings is 1. The Balaban J connectivity index is 1.55. The molecule has 104 valence electrons. The molecule has 1 fully saturated rings. The summed E-state index contributed by atoms with van der Waals surface area (Å²) in [5.74, 6) is 7.49. The van der Waals surface area contributed by atoms with Gasteiger partial charge in [0.2, 0.25) is 0 Å². The molecule has 1 unspecified atom stereocenters. The van der Waals surface area contributed by atoms with E-state index in [0.717, 1.165) is 5.92 Å². The van der Waals surface area contributed by atoms with Crippen molar-refractivity contribution in [3.05, 3.63) is 35.4 Å². The highest BCUT2D eigenvalue weighted by molar-refractivity contribution is 5.32. The zero-order valence-electron chi connectivity index (χ0n) is 11.8. The van der Waals surface area contributed by atoms with Gasteiger partial charge in [-0.3, -0.25) is 11.3 Å². The summed E-state index contributed by atoms with van der Waals surface area (Å²) in [7, 11) is 0. The Morgan fingerprint density at radius 3 is 2.32 bits per heavy atom. The van der Waals surface area contributed by atoms with Gasteiger partial charge in [-0.2, -0.15) is 0 Å². The molecule has 2 aliphatic rings. The van der Waals surface area contributed by atoms with Gasteiger partial charge in [0, 0.05) is 6.04 Å². The molecular weight excluding hydrogens is 232 g/mol. The molecule has 0 heterocycles. The molecule has 3 rings (SSSR count). The number of hydrazine groups is 1. The fourth-order valence-electron chi connectivity index (χ4n) is 4.05. The van der Waals surface area contributed by atoms with Gasteiger partial charge in [-0.25, -0.2) is 0 Å². The number of hydrogen-bond acceptors (Lipinski definition) is 2. The van der Waals surface area contributed by atoms with Crippen LogP contribution < -0.4 is 11.3 Å². The lowest BCUT2D eigenvalue weighted by molar-refractivity contribution is 0.319. The minimum Gasteiger partial charge on any atom is -0.271 e. The average Bonchev–Trinajstić information content (AvgIpc) is 3.08. The largest absolute Gasteiger partial charge is 0.271 e. The number of fused-ring (bicyclic) bond motifs is 1. The third kappa shape index (κ3) is 3.01. The van der Waals surface area contributed by atoms with Crippen LogP contribution in [0.4, 0.5) is 0 Å². The third-order valence-corrected chi connectivity index (χ3v) is 5.23. The summed E-state index contributed by atoms with van der Waals surface area (Å²) < 4.78 is 0. The quantitative estimate of drug-likeness (QED) is 0.629. The molecule has 0 radical (unpaired) electrons. The zero-order valence-corrected chi connectivity index (χ0v) is 11.8. The second-order valence-electron chi connectivity index (χ2n) is 6.44. The molecule has 3 N–H and O–H groups in total. The maximum Gasteiger partial charge on any atom is 0.0245 e. The van der Waals surface area contributed by atoms with Crippen LogP contribution in [0.1, 0.15) is 49.7 Å². The number of nitrogens with two attached hydrogens (primary N) is 1. The number of rotatable bonds is 5. The molecule has 1 saturated carbocycles. The predicted molar refractivity (Wildman–Crippen MR) is 79.6 cm³/mol. The maximum absolute atomic E-state index is 5.82. The minimum absolute atomic E-state index is 0.494. The van der Waals surface area contributed by atoms with Gasteiger partial charge < -0.3 is 0 Å². The van der Waals surface area contributed by atoms with Crippen LogP contribution in [0, 0.1) is 11.8 Å². The van der Waals surface area contributed by atoms with Crippen molar-refractivity contribution in [2.24, 2.45) is 17.7 Å². The van der Waals surface area contributed by atoms with Gasteiger partial charge in [-0.15, -0.1) is 0 Å². The second-order valence-corrected chi connectivity index (χ2v) is 6.44. The van der Waals surface area contributed by atoms with E-state index in [9.17, 15) is 0 Å². The van der Waals surface area contributed by atoms with Crippen LogP contribution in [0.25, 0.3) is 0 Å². The fraction of sp³-hybridized carbons (Fsp3) is 0.647. The molecule has 2 heteroatoms. The zero-order chi connectivity index (χ0) is 13.1. The second kappa shape index (κ2) is 6.06. The first kappa shape index (κ1) is 13.1. The Bertz CT molecular complexity index is 384. The van der Waals surface area contributed by atoms with Gasteiger partial charge in [-0.1, -0.05) is 49.9 Å². The summed E-state index contributed by atoms with van der Waals surface area (Å²) in [6.07, 6.45) is 10.8. The van der Waals surface area contributed by atoms with Crippen molar-refractivity contribution in [3.63, 3.8) is 0 Å². The minimum atomic E-state index is 0.494. The van der Waals surface area contributed by atoms with E-state index >= 15 is 0 Å². The van der Waals surface area contributed by atoms with E-state index in [1.165, 1.54) is 62.5 Å².